The van der Waals surface area contributed by atoms with Crippen LogP contribution < -0.4 is 9.64 Å². The highest BCUT2D eigenvalue weighted by atomic mass is 32.1. The van der Waals surface area contributed by atoms with E-state index in [0.29, 0.717) is 24.6 Å². The summed E-state index contributed by atoms with van der Waals surface area (Å²) < 4.78 is 11.9. The summed E-state index contributed by atoms with van der Waals surface area (Å²) in [6.07, 6.45) is 2.50. The van der Waals surface area contributed by atoms with Crippen LogP contribution in [-0.4, -0.2) is 17.5 Å². The molecule has 4 rings (SSSR count). The van der Waals surface area contributed by atoms with Gasteiger partial charge in [-0.3, -0.25) is 9.69 Å². The second-order valence-electron chi connectivity index (χ2n) is 6.20. The van der Waals surface area contributed by atoms with E-state index in [1.807, 2.05) is 67.6 Å². The number of thiazole rings is 1. The number of para-hydroxylation sites is 1. The highest BCUT2D eigenvalue weighted by molar-refractivity contribution is 7.22. The van der Waals surface area contributed by atoms with E-state index in [1.165, 1.54) is 11.3 Å². The first kappa shape index (κ1) is 18.3. The summed E-state index contributed by atoms with van der Waals surface area (Å²) in [5, 5.41) is 0.662. The van der Waals surface area contributed by atoms with Crippen LogP contribution in [-0.2, 0) is 11.2 Å². The lowest BCUT2D eigenvalue weighted by Crippen LogP contribution is -2.26. The second-order valence-corrected chi connectivity index (χ2v) is 7.21. The smallest absolute Gasteiger partial charge is 0.233 e. The number of carbonyl (C=O) groups excluding carboxylic acids is 1. The summed E-state index contributed by atoms with van der Waals surface area (Å²) in [5.74, 6) is 1.54. The van der Waals surface area contributed by atoms with E-state index in [1.54, 1.807) is 11.2 Å². The second kappa shape index (κ2) is 8.27. The van der Waals surface area contributed by atoms with Gasteiger partial charge in [0.05, 0.1) is 28.8 Å². The van der Waals surface area contributed by atoms with Crippen LogP contribution in [0.25, 0.3) is 10.2 Å². The third-order valence-electron chi connectivity index (χ3n) is 4.29. The fourth-order valence-electron chi connectivity index (χ4n) is 2.97. The minimum absolute atomic E-state index is 0.0281. The lowest BCUT2D eigenvalue weighted by Gasteiger charge is -2.20. The maximum absolute atomic E-state index is 13.1. The molecule has 2 aromatic heterocycles. The molecule has 0 saturated heterocycles. The van der Waals surface area contributed by atoms with E-state index in [4.69, 9.17) is 9.15 Å². The van der Waals surface area contributed by atoms with Crippen molar-refractivity contribution in [2.75, 3.05) is 11.5 Å². The van der Waals surface area contributed by atoms with Crippen molar-refractivity contribution in [3.05, 3.63) is 72.7 Å². The number of hydrogen-bond donors (Lipinski definition) is 0. The fraction of sp³-hybridized carbons (Fsp3) is 0.182. The van der Waals surface area contributed by atoms with Gasteiger partial charge in [-0.05, 0) is 55.5 Å². The SMILES string of the molecule is CCOc1ccc(N(C(=O)CCc2ccco2)c2nc3ccccc3s2)cc1. The van der Waals surface area contributed by atoms with Gasteiger partial charge >= 0.3 is 0 Å². The van der Waals surface area contributed by atoms with Crippen molar-refractivity contribution in [2.24, 2.45) is 0 Å². The first-order valence-corrected chi connectivity index (χ1v) is 10.00. The molecular formula is C22H20N2O3S. The van der Waals surface area contributed by atoms with Gasteiger partial charge in [0.25, 0.3) is 0 Å². The molecule has 6 heteroatoms. The highest BCUT2D eigenvalue weighted by Crippen LogP contribution is 2.34. The summed E-state index contributed by atoms with van der Waals surface area (Å²) in [6.45, 7) is 2.54. The number of benzene rings is 2. The number of rotatable bonds is 7. The van der Waals surface area contributed by atoms with E-state index < -0.39 is 0 Å². The number of aryl methyl sites for hydroxylation is 1. The Morgan fingerprint density at radius 2 is 1.93 bits per heavy atom. The first-order chi connectivity index (χ1) is 13.7. The molecule has 0 aliphatic heterocycles. The molecule has 1 amide bonds. The van der Waals surface area contributed by atoms with E-state index in [-0.39, 0.29) is 5.91 Å². The topological polar surface area (TPSA) is 55.6 Å². The van der Waals surface area contributed by atoms with Crippen LogP contribution in [0.2, 0.25) is 0 Å². The molecule has 0 unspecified atom stereocenters. The number of ether oxygens (including phenoxy) is 1. The molecule has 0 atom stereocenters. The maximum Gasteiger partial charge on any atom is 0.233 e. The average molecular weight is 392 g/mol. The molecule has 0 spiro atoms. The molecule has 0 aliphatic rings. The van der Waals surface area contributed by atoms with Crippen molar-refractivity contribution in [3.63, 3.8) is 0 Å². The summed E-state index contributed by atoms with van der Waals surface area (Å²) >= 11 is 1.51. The Balaban J connectivity index is 1.66. The Morgan fingerprint density at radius 3 is 2.64 bits per heavy atom. The van der Waals surface area contributed by atoms with Gasteiger partial charge in [-0.15, -0.1) is 0 Å². The van der Waals surface area contributed by atoms with E-state index in [2.05, 4.69) is 4.98 Å². The molecular weight excluding hydrogens is 372 g/mol. The van der Waals surface area contributed by atoms with E-state index in [9.17, 15) is 4.79 Å². The molecule has 0 fully saturated rings. The third-order valence-corrected chi connectivity index (χ3v) is 5.32. The lowest BCUT2D eigenvalue weighted by atomic mass is 10.2. The fourth-order valence-corrected chi connectivity index (χ4v) is 3.98. The van der Waals surface area contributed by atoms with Gasteiger partial charge in [-0.2, -0.15) is 0 Å². The number of hydrogen-bond acceptors (Lipinski definition) is 5. The molecule has 5 nitrogen and oxygen atoms in total. The van der Waals surface area contributed by atoms with Crippen molar-refractivity contribution in [1.82, 2.24) is 4.98 Å². The molecule has 2 heterocycles. The Bertz CT molecular complexity index is 1020. The Morgan fingerprint density at radius 1 is 1.11 bits per heavy atom. The Kier molecular flexibility index (Phi) is 5.39. The van der Waals surface area contributed by atoms with Crippen LogP contribution in [0.1, 0.15) is 19.1 Å². The molecule has 28 heavy (non-hydrogen) atoms. The summed E-state index contributed by atoms with van der Waals surface area (Å²) in [6, 6.07) is 19.1. The largest absolute Gasteiger partial charge is 0.494 e. The van der Waals surface area contributed by atoms with Crippen LogP contribution in [0.5, 0.6) is 5.75 Å². The molecule has 0 aliphatic carbocycles. The van der Waals surface area contributed by atoms with Crippen LogP contribution in [0.3, 0.4) is 0 Å². The number of carbonyl (C=O) groups is 1. The van der Waals surface area contributed by atoms with Gasteiger partial charge in [0.2, 0.25) is 5.91 Å². The van der Waals surface area contributed by atoms with Gasteiger partial charge in [-0.25, -0.2) is 4.98 Å². The predicted octanol–water partition coefficient (Wildman–Crippen LogP) is 5.59. The number of furan rings is 1. The summed E-state index contributed by atoms with van der Waals surface area (Å²) in [4.78, 5) is 19.5. The molecule has 0 radical (unpaired) electrons. The zero-order valence-corrected chi connectivity index (χ0v) is 16.3. The van der Waals surface area contributed by atoms with Crippen molar-refractivity contribution in [1.29, 1.82) is 0 Å². The van der Waals surface area contributed by atoms with Gasteiger partial charge in [0.1, 0.15) is 11.5 Å². The van der Waals surface area contributed by atoms with Crippen molar-refractivity contribution < 1.29 is 13.9 Å². The monoisotopic (exact) mass is 392 g/mol. The third kappa shape index (κ3) is 3.92. The number of aromatic nitrogens is 1. The van der Waals surface area contributed by atoms with Crippen LogP contribution in [0.4, 0.5) is 10.8 Å². The van der Waals surface area contributed by atoms with Gasteiger partial charge in [-0.1, -0.05) is 23.5 Å². The van der Waals surface area contributed by atoms with Gasteiger partial charge in [0, 0.05) is 12.8 Å². The number of anilines is 2. The minimum Gasteiger partial charge on any atom is -0.494 e. The van der Waals surface area contributed by atoms with Crippen molar-refractivity contribution >= 4 is 38.3 Å². The highest BCUT2D eigenvalue weighted by Gasteiger charge is 2.22. The summed E-state index contributed by atoms with van der Waals surface area (Å²) in [5.41, 5.74) is 1.66. The van der Waals surface area contributed by atoms with Crippen molar-refractivity contribution in [3.8, 4) is 5.75 Å². The standard InChI is InChI=1S/C22H20N2O3S/c1-2-26-18-11-9-16(10-12-18)24(21(25)14-13-17-6-5-15-27-17)22-23-19-7-3-4-8-20(19)28-22/h3-12,15H,2,13-14H2,1H3. The normalized spacial score (nSPS) is 10.9. The molecule has 4 aromatic rings. The van der Waals surface area contributed by atoms with Crippen LogP contribution >= 0.6 is 11.3 Å². The average Bonchev–Trinajstić information content (AvgIpc) is 3.37. The first-order valence-electron chi connectivity index (χ1n) is 9.18. The number of fused-ring (bicyclic) bond motifs is 1. The number of amides is 1. The zero-order valence-electron chi connectivity index (χ0n) is 15.5. The molecule has 0 bridgehead atoms. The molecule has 0 saturated carbocycles. The number of nitrogens with zero attached hydrogens (tertiary/aromatic N) is 2. The molecule has 0 N–H and O–H groups in total. The quantitative estimate of drug-likeness (QED) is 0.412. The minimum atomic E-state index is -0.0281. The van der Waals surface area contributed by atoms with Crippen LogP contribution in [0, 0.1) is 0 Å². The predicted molar refractivity (Wildman–Crippen MR) is 111 cm³/mol. The zero-order chi connectivity index (χ0) is 19.3. The van der Waals surface area contributed by atoms with Crippen LogP contribution in [0.15, 0.2) is 71.3 Å². The lowest BCUT2D eigenvalue weighted by molar-refractivity contribution is -0.117. The van der Waals surface area contributed by atoms with Gasteiger partial charge in [0.15, 0.2) is 5.13 Å². The Labute approximate surface area is 167 Å². The van der Waals surface area contributed by atoms with E-state index in [0.717, 1.165) is 27.4 Å². The van der Waals surface area contributed by atoms with E-state index >= 15 is 0 Å². The molecule has 142 valence electrons. The maximum atomic E-state index is 13.1. The van der Waals surface area contributed by atoms with Crippen molar-refractivity contribution in [2.45, 2.75) is 19.8 Å². The molecule has 2 aromatic carbocycles. The summed E-state index contributed by atoms with van der Waals surface area (Å²) in [7, 11) is 0. The Hall–Kier alpha value is -3.12. The van der Waals surface area contributed by atoms with Gasteiger partial charge < -0.3 is 9.15 Å².